The van der Waals surface area contributed by atoms with E-state index in [0.29, 0.717) is 12.0 Å². The maximum absolute atomic E-state index is 14.5. The highest BCUT2D eigenvalue weighted by Gasteiger charge is 2.34. The maximum atomic E-state index is 14.5. The summed E-state index contributed by atoms with van der Waals surface area (Å²) < 4.78 is 43.0. The molecule has 0 aromatic heterocycles. The molecule has 1 unspecified atom stereocenters. The van der Waals surface area contributed by atoms with Crippen molar-refractivity contribution in [2.24, 2.45) is 0 Å². The molecule has 0 saturated carbocycles. The van der Waals surface area contributed by atoms with Crippen molar-refractivity contribution in [3.63, 3.8) is 0 Å². The molecule has 0 radical (unpaired) electrons. The molecular formula is C31H54FN3O9S. The topological polar surface area (TPSA) is 184 Å². The van der Waals surface area contributed by atoms with Gasteiger partial charge in [0.2, 0.25) is 0 Å². The molecule has 0 amide bonds. The number of hydrogen-bond acceptors (Lipinski definition) is 7. The molecular weight excluding hydrogens is 609 g/mol. The van der Waals surface area contributed by atoms with Gasteiger partial charge in [-0.1, -0.05) is 39.2 Å². The molecule has 260 valence electrons. The first-order valence-electron chi connectivity index (χ1n) is 15.7. The molecule has 1 rings (SSSR count). The SMILES string of the molecule is CCCCCC[N+](CC)(CCCCC)CCCCc1ccc(NS(=O)(=O)N(C)C)cc1F.O=C(O)CC(O)(CC(=O)O)C(=O)[O-]. The normalized spacial score (nSPS) is 13.1. The van der Waals surface area contributed by atoms with Gasteiger partial charge in [0.25, 0.3) is 0 Å². The van der Waals surface area contributed by atoms with Crippen molar-refractivity contribution in [1.29, 1.82) is 0 Å². The Bertz CT molecular complexity index is 1150. The highest BCUT2D eigenvalue weighted by atomic mass is 32.2. The fourth-order valence-electron chi connectivity index (χ4n) is 4.90. The van der Waals surface area contributed by atoms with Gasteiger partial charge in [-0.25, -0.2) is 4.39 Å². The number of anilines is 1. The zero-order valence-electron chi connectivity index (χ0n) is 27.5. The summed E-state index contributed by atoms with van der Waals surface area (Å²) >= 11 is 0. The first-order chi connectivity index (χ1) is 21.0. The van der Waals surface area contributed by atoms with Gasteiger partial charge in [0.15, 0.2) is 0 Å². The van der Waals surface area contributed by atoms with Crippen molar-refractivity contribution >= 4 is 33.8 Å². The third kappa shape index (κ3) is 16.9. The molecule has 45 heavy (non-hydrogen) atoms. The van der Waals surface area contributed by atoms with Gasteiger partial charge in [0.05, 0.1) is 50.7 Å². The zero-order valence-corrected chi connectivity index (χ0v) is 28.3. The number of hydrogen-bond donors (Lipinski definition) is 4. The molecule has 1 aromatic carbocycles. The number of aliphatic hydroxyl groups is 1. The van der Waals surface area contributed by atoms with E-state index in [0.717, 1.165) is 23.7 Å². The van der Waals surface area contributed by atoms with Gasteiger partial charge >= 0.3 is 22.1 Å². The predicted octanol–water partition coefficient (Wildman–Crippen LogP) is 3.39. The van der Waals surface area contributed by atoms with E-state index in [2.05, 4.69) is 25.5 Å². The summed E-state index contributed by atoms with van der Waals surface area (Å²) in [6, 6.07) is 4.63. The summed E-state index contributed by atoms with van der Waals surface area (Å²) in [5.41, 5.74) is -1.94. The Kier molecular flexibility index (Phi) is 19.8. The minimum atomic E-state index is -3.63. The number of nitrogens with one attached hydrogen (secondary N) is 1. The molecule has 12 nitrogen and oxygen atoms in total. The van der Waals surface area contributed by atoms with Crippen LogP contribution in [0, 0.1) is 5.82 Å². The lowest BCUT2D eigenvalue weighted by Crippen LogP contribution is -2.51. The monoisotopic (exact) mass is 663 g/mol. The summed E-state index contributed by atoms with van der Waals surface area (Å²) in [5, 5.41) is 35.5. The van der Waals surface area contributed by atoms with Crippen molar-refractivity contribution in [2.45, 2.75) is 103 Å². The van der Waals surface area contributed by atoms with E-state index < -0.39 is 46.6 Å². The van der Waals surface area contributed by atoms with E-state index in [-0.39, 0.29) is 11.5 Å². The number of carboxylic acids is 3. The molecule has 0 aliphatic rings. The van der Waals surface area contributed by atoms with Crippen LogP contribution >= 0.6 is 0 Å². The van der Waals surface area contributed by atoms with E-state index in [9.17, 15) is 32.3 Å². The van der Waals surface area contributed by atoms with Crippen LogP contribution in [0.3, 0.4) is 0 Å². The Morgan fingerprint density at radius 3 is 1.80 bits per heavy atom. The second-order valence-corrected chi connectivity index (χ2v) is 13.6. The van der Waals surface area contributed by atoms with Gasteiger partial charge in [0.1, 0.15) is 11.4 Å². The third-order valence-corrected chi connectivity index (χ3v) is 9.22. The second kappa shape index (κ2) is 21.1. The van der Waals surface area contributed by atoms with Crippen molar-refractivity contribution in [1.82, 2.24) is 4.31 Å². The molecule has 14 heteroatoms. The van der Waals surface area contributed by atoms with Crippen molar-refractivity contribution in [3.8, 4) is 0 Å². The van der Waals surface area contributed by atoms with Gasteiger partial charge in [-0.05, 0) is 69.6 Å². The van der Waals surface area contributed by atoms with Crippen LogP contribution in [-0.4, -0.2) is 96.3 Å². The van der Waals surface area contributed by atoms with Crippen LogP contribution in [0.25, 0.3) is 0 Å². The molecule has 1 atom stereocenters. The first kappa shape index (κ1) is 42.2. The lowest BCUT2D eigenvalue weighted by atomic mass is 9.96. The highest BCUT2D eigenvalue weighted by molar-refractivity contribution is 7.90. The van der Waals surface area contributed by atoms with Crippen LogP contribution < -0.4 is 9.83 Å². The number of rotatable bonds is 23. The third-order valence-electron chi connectivity index (χ3n) is 7.77. The number of aliphatic carboxylic acids is 3. The number of nitrogens with zero attached hydrogens (tertiary/aromatic N) is 2. The number of unbranched alkanes of at least 4 members (excludes halogenated alkanes) is 6. The number of quaternary nitrogens is 1. The Hall–Kier alpha value is -2.81. The molecule has 0 saturated heterocycles. The Labute approximate surface area is 268 Å². The molecule has 4 N–H and O–H groups in total. The summed E-state index contributed by atoms with van der Waals surface area (Å²) in [6.07, 6.45) is 9.34. The molecule has 0 bridgehead atoms. The average Bonchev–Trinajstić information content (AvgIpc) is 2.93. The van der Waals surface area contributed by atoms with E-state index in [1.165, 1.54) is 89.2 Å². The molecule has 0 fully saturated rings. The predicted molar refractivity (Wildman–Crippen MR) is 169 cm³/mol. The zero-order chi connectivity index (χ0) is 34.7. The van der Waals surface area contributed by atoms with Gasteiger partial charge in [-0.2, -0.15) is 12.7 Å². The minimum absolute atomic E-state index is 0.254. The first-order valence-corrected chi connectivity index (χ1v) is 17.1. The van der Waals surface area contributed by atoms with E-state index in [1.54, 1.807) is 12.1 Å². The second-order valence-electron chi connectivity index (χ2n) is 11.7. The van der Waals surface area contributed by atoms with Gasteiger partial charge in [-0.3, -0.25) is 14.3 Å². The fraction of sp³-hybridized carbons (Fsp3) is 0.710. The van der Waals surface area contributed by atoms with Crippen molar-refractivity contribution < 1.29 is 52.1 Å². The van der Waals surface area contributed by atoms with Crippen LogP contribution in [0.1, 0.15) is 97.0 Å². The van der Waals surface area contributed by atoms with E-state index in [1.807, 2.05) is 0 Å². The van der Waals surface area contributed by atoms with E-state index >= 15 is 0 Å². The fourth-order valence-corrected chi connectivity index (χ4v) is 5.51. The molecule has 0 heterocycles. The maximum Gasteiger partial charge on any atom is 0.306 e. The standard InChI is InChI=1S/C25H47FN3O2S.C6H8O7/c1-6-9-11-14-20-29(8-3,19-13-10-7-2)21-15-12-16-23-17-18-24(22-25(23)26)27-32(30,31)28(4)5;7-3(8)1-6(13,5(11)12)2-4(9)10/h17-18,22,27H,6-16,19-21H2,1-5H3;13H,1-2H2,(H,7,8)(H,9,10)(H,11,12)/q+1;/p-1. The number of aryl methyl sites for hydroxylation is 1. The van der Waals surface area contributed by atoms with Gasteiger partial charge in [-0.15, -0.1) is 0 Å². The Morgan fingerprint density at radius 1 is 0.889 bits per heavy atom. The number of carboxylic acid groups (broad SMARTS) is 3. The van der Waals surface area contributed by atoms with Gasteiger partial charge in [0, 0.05) is 14.1 Å². The number of benzene rings is 1. The Morgan fingerprint density at radius 2 is 1.38 bits per heavy atom. The smallest absolute Gasteiger partial charge is 0.306 e. The quantitative estimate of drug-likeness (QED) is 0.101. The molecule has 1 aromatic rings. The van der Waals surface area contributed by atoms with Crippen LogP contribution in [0.15, 0.2) is 18.2 Å². The summed E-state index contributed by atoms with van der Waals surface area (Å²) in [5.74, 6) is -5.69. The number of carbonyl (C=O) groups excluding carboxylic acids is 1. The van der Waals surface area contributed by atoms with Crippen LogP contribution in [-0.2, 0) is 31.0 Å². The van der Waals surface area contributed by atoms with Gasteiger partial charge < -0.3 is 29.7 Å². The van der Waals surface area contributed by atoms with Crippen LogP contribution in [0.2, 0.25) is 0 Å². The summed E-state index contributed by atoms with van der Waals surface area (Å²) in [7, 11) is -0.751. The summed E-state index contributed by atoms with van der Waals surface area (Å²) in [6.45, 7) is 11.7. The Balaban J connectivity index is 0.00000125. The minimum Gasteiger partial charge on any atom is -0.547 e. The molecule has 0 aliphatic heterocycles. The van der Waals surface area contributed by atoms with E-state index in [4.69, 9.17) is 15.3 Å². The highest BCUT2D eigenvalue weighted by Crippen LogP contribution is 2.20. The lowest BCUT2D eigenvalue weighted by Gasteiger charge is -2.38. The largest absolute Gasteiger partial charge is 0.547 e. The van der Waals surface area contributed by atoms with Crippen LogP contribution in [0.5, 0.6) is 0 Å². The van der Waals surface area contributed by atoms with Crippen molar-refractivity contribution in [3.05, 3.63) is 29.6 Å². The summed E-state index contributed by atoms with van der Waals surface area (Å²) in [4.78, 5) is 30.3. The van der Waals surface area contributed by atoms with Crippen molar-refractivity contribution in [2.75, 3.05) is 45.0 Å². The molecule has 0 aliphatic carbocycles. The lowest BCUT2D eigenvalue weighted by molar-refractivity contribution is -0.927. The molecule has 0 spiro atoms. The average molecular weight is 664 g/mol. The number of halogens is 1. The van der Waals surface area contributed by atoms with Crippen LogP contribution in [0.4, 0.5) is 10.1 Å². The number of carbonyl (C=O) groups is 3.